The molecule has 0 atom stereocenters. The summed E-state index contributed by atoms with van der Waals surface area (Å²) in [6, 6.07) is 42.0. The number of para-hydroxylation sites is 2. The number of rotatable bonds is 2. The Morgan fingerprint density at radius 1 is 0.605 bits per heavy atom. The van der Waals surface area contributed by atoms with Crippen LogP contribution in [-0.4, -0.2) is 9.55 Å². The van der Waals surface area contributed by atoms with Gasteiger partial charge in [0.1, 0.15) is 6.33 Å². The highest BCUT2D eigenvalue weighted by atomic mass is 15.0. The average Bonchev–Trinajstić information content (AvgIpc) is 3.39. The Morgan fingerprint density at radius 3 is 2.16 bits per heavy atom. The molecule has 0 N–H and O–H groups in total. The van der Waals surface area contributed by atoms with Gasteiger partial charge in [-0.3, -0.25) is 4.57 Å². The second kappa shape index (κ2) is 7.66. The molecule has 0 fully saturated rings. The third-order valence-electron chi connectivity index (χ3n) is 8.45. The highest BCUT2D eigenvalue weighted by Crippen LogP contribution is 2.53. The lowest BCUT2D eigenvalue weighted by atomic mass is 9.66. The van der Waals surface area contributed by atoms with Crippen molar-refractivity contribution in [3.63, 3.8) is 0 Å². The molecule has 0 spiro atoms. The van der Waals surface area contributed by atoms with Crippen molar-refractivity contribution in [2.75, 3.05) is 0 Å². The van der Waals surface area contributed by atoms with Crippen molar-refractivity contribution in [1.29, 1.82) is 0 Å². The lowest BCUT2D eigenvalue weighted by molar-refractivity contribution is 0.651. The zero-order chi connectivity index (χ0) is 25.4. The van der Waals surface area contributed by atoms with Gasteiger partial charge in [-0.05, 0) is 79.2 Å². The Kier molecular flexibility index (Phi) is 4.31. The van der Waals surface area contributed by atoms with Crippen molar-refractivity contribution in [2.24, 2.45) is 0 Å². The summed E-state index contributed by atoms with van der Waals surface area (Å²) in [6.45, 7) is 4.76. The van der Waals surface area contributed by atoms with E-state index in [-0.39, 0.29) is 5.41 Å². The first-order chi connectivity index (χ1) is 18.6. The van der Waals surface area contributed by atoms with Gasteiger partial charge in [-0.15, -0.1) is 0 Å². The van der Waals surface area contributed by atoms with Crippen molar-refractivity contribution >= 4 is 32.6 Å². The monoisotopic (exact) mass is 486 g/mol. The Bertz CT molecular complexity index is 2040. The van der Waals surface area contributed by atoms with Gasteiger partial charge in [-0.2, -0.15) is 0 Å². The van der Waals surface area contributed by atoms with Gasteiger partial charge in [-0.1, -0.05) is 105 Å². The molecular formula is C36H26N2. The van der Waals surface area contributed by atoms with E-state index in [2.05, 4.69) is 133 Å². The second-order valence-electron chi connectivity index (χ2n) is 10.8. The molecule has 1 heterocycles. The van der Waals surface area contributed by atoms with Crippen LogP contribution >= 0.6 is 0 Å². The summed E-state index contributed by atoms with van der Waals surface area (Å²) in [7, 11) is 0. The fraction of sp³-hybridized carbons (Fsp3) is 0.0833. The molecule has 0 saturated carbocycles. The quantitative estimate of drug-likeness (QED) is 0.223. The van der Waals surface area contributed by atoms with Gasteiger partial charge in [0.2, 0.25) is 0 Å². The van der Waals surface area contributed by atoms with Crippen molar-refractivity contribution in [2.45, 2.75) is 19.3 Å². The lowest BCUT2D eigenvalue weighted by Gasteiger charge is -2.37. The Hall–Kier alpha value is -4.69. The van der Waals surface area contributed by atoms with E-state index in [9.17, 15) is 0 Å². The normalized spacial score (nSPS) is 13.7. The van der Waals surface area contributed by atoms with Gasteiger partial charge in [0.05, 0.1) is 11.0 Å². The van der Waals surface area contributed by atoms with Gasteiger partial charge in [0, 0.05) is 11.1 Å². The summed E-state index contributed by atoms with van der Waals surface area (Å²) >= 11 is 0. The van der Waals surface area contributed by atoms with Crippen LogP contribution in [-0.2, 0) is 5.41 Å². The van der Waals surface area contributed by atoms with Crippen molar-refractivity contribution in [1.82, 2.24) is 9.55 Å². The molecule has 1 aliphatic rings. The van der Waals surface area contributed by atoms with Crippen LogP contribution in [0.5, 0.6) is 0 Å². The number of imidazole rings is 1. The molecule has 0 unspecified atom stereocenters. The van der Waals surface area contributed by atoms with Crippen LogP contribution in [0.15, 0.2) is 122 Å². The summed E-state index contributed by atoms with van der Waals surface area (Å²) in [4.78, 5) is 4.59. The fourth-order valence-electron chi connectivity index (χ4n) is 6.76. The lowest BCUT2D eigenvalue weighted by Crippen LogP contribution is -2.24. The first-order valence-corrected chi connectivity index (χ1v) is 13.2. The summed E-state index contributed by atoms with van der Waals surface area (Å²) in [5, 5.41) is 5.35. The number of nitrogens with zero attached hydrogens (tertiary/aromatic N) is 2. The van der Waals surface area contributed by atoms with Gasteiger partial charge < -0.3 is 0 Å². The molecule has 0 saturated heterocycles. The van der Waals surface area contributed by atoms with E-state index < -0.39 is 0 Å². The minimum atomic E-state index is -0.104. The van der Waals surface area contributed by atoms with Gasteiger partial charge >= 0.3 is 0 Å². The standard InChI is InChI=1S/C36H26N2/c1-36(2)30-15-6-5-10-25(30)26-13-9-14-29-33(27-11-3-4-12-28(27)35(36)34(26)29)23-18-20-24(21-19-23)38-22-37-31-16-7-8-17-32(31)38/h3-22H,1-2H3. The molecular weight excluding hydrogens is 460 g/mol. The van der Waals surface area contributed by atoms with E-state index in [1.807, 2.05) is 12.4 Å². The number of aromatic nitrogens is 2. The molecule has 1 aromatic heterocycles. The number of hydrogen-bond acceptors (Lipinski definition) is 1. The molecule has 180 valence electrons. The predicted molar refractivity (Wildman–Crippen MR) is 159 cm³/mol. The van der Waals surface area contributed by atoms with E-state index >= 15 is 0 Å². The minimum Gasteiger partial charge on any atom is -0.299 e. The van der Waals surface area contributed by atoms with E-state index in [1.54, 1.807) is 0 Å². The number of benzene rings is 6. The van der Waals surface area contributed by atoms with Crippen LogP contribution < -0.4 is 0 Å². The topological polar surface area (TPSA) is 17.8 Å². The van der Waals surface area contributed by atoms with E-state index in [0.29, 0.717) is 0 Å². The summed E-state index contributed by atoms with van der Waals surface area (Å²) < 4.78 is 2.16. The van der Waals surface area contributed by atoms with Crippen LogP contribution in [0.2, 0.25) is 0 Å². The van der Waals surface area contributed by atoms with Crippen LogP contribution in [0.1, 0.15) is 25.0 Å². The zero-order valence-corrected chi connectivity index (χ0v) is 21.4. The van der Waals surface area contributed by atoms with Crippen LogP contribution in [0.4, 0.5) is 0 Å². The van der Waals surface area contributed by atoms with Crippen molar-refractivity contribution in [3.8, 4) is 27.9 Å². The van der Waals surface area contributed by atoms with E-state index in [4.69, 9.17) is 0 Å². The molecule has 7 aromatic rings. The number of fused-ring (bicyclic) bond motifs is 5. The van der Waals surface area contributed by atoms with Crippen molar-refractivity contribution < 1.29 is 0 Å². The molecule has 0 aliphatic heterocycles. The fourth-order valence-corrected chi connectivity index (χ4v) is 6.76. The third-order valence-corrected chi connectivity index (χ3v) is 8.45. The average molecular weight is 487 g/mol. The SMILES string of the molecule is CC1(C)c2ccccc2-c2cccc3c(-c4ccc(-n5cnc6ccccc65)cc4)c4ccccc4c1c23. The molecule has 1 aliphatic carbocycles. The number of hydrogen-bond donors (Lipinski definition) is 0. The molecule has 0 amide bonds. The highest BCUT2D eigenvalue weighted by Gasteiger charge is 2.35. The van der Waals surface area contributed by atoms with Gasteiger partial charge in [0.25, 0.3) is 0 Å². The Labute approximate surface area is 221 Å². The molecule has 0 radical (unpaired) electrons. The first-order valence-electron chi connectivity index (χ1n) is 13.2. The van der Waals surface area contributed by atoms with E-state index in [1.165, 1.54) is 54.9 Å². The molecule has 2 heteroatoms. The maximum Gasteiger partial charge on any atom is 0.100 e. The summed E-state index contributed by atoms with van der Waals surface area (Å²) in [5.41, 5.74) is 11.2. The van der Waals surface area contributed by atoms with Crippen LogP contribution in [0.25, 0.3) is 60.5 Å². The largest absolute Gasteiger partial charge is 0.299 e. The molecule has 0 bridgehead atoms. The molecule has 2 nitrogen and oxygen atoms in total. The Balaban J connectivity index is 1.43. The minimum absolute atomic E-state index is 0.104. The smallest absolute Gasteiger partial charge is 0.100 e. The van der Waals surface area contributed by atoms with Gasteiger partial charge in [0.15, 0.2) is 0 Å². The van der Waals surface area contributed by atoms with Crippen LogP contribution in [0.3, 0.4) is 0 Å². The first kappa shape index (κ1) is 21.4. The zero-order valence-electron chi connectivity index (χ0n) is 21.4. The molecule has 38 heavy (non-hydrogen) atoms. The molecule has 8 rings (SSSR count). The summed E-state index contributed by atoms with van der Waals surface area (Å²) in [6.07, 6.45) is 1.91. The summed E-state index contributed by atoms with van der Waals surface area (Å²) in [5.74, 6) is 0. The predicted octanol–water partition coefficient (Wildman–Crippen LogP) is 9.31. The highest BCUT2D eigenvalue weighted by molar-refractivity contribution is 6.20. The maximum atomic E-state index is 4.59. The Morgan fingerprint density at radius 2 is 1.29 bits per heavy atom. The van der Waals surface area contributed by atoms with E-state index in [0.717, 1.165) is 16.7 Å². The van der Waals surface area contributed by atoms with Crippen molar-refractivity contribution in [3.05, 3.63) is 133 Å². The molecule has 6 aromatic carbocycles. The maximum absolute atomic E-state index is 4.59. The van der Waals surface area contributed by atoms with Crippen LogP contribution in [0, 0.1) is 0 Å². The van der Waals surface area contributed by atoms with Gasteiger partial charge in [-0.25, -0.2) is 4.98 Å². The third kappa shape index (κ3) is 2.80. The second-order valence-corrected chi connectivity index (χ2v) is 10.8.